The summed E-state index contributed by atoms with van der Waals surface area (Å²) >= 11 is 6.05. The van der Waals surface area contributed by atoms with Crippen LogP contribution in [0.3, 0.4) is 0 Å². The lowest BCUT2D eigenvalue weighted by Gasteiger charge is -2.59. The van der Waals surface area contributed by atoms with Gasteiger partial charge in [-0.05, 0) is 84.6 Å². The molecule has 0 aliphatic heterocycles. The van der Waals surface area contributed by atoms with Gasteiger partial charge in [-0.2, -0.15) is 0 Å². The number of hydrogen-bond acceptors (Lipinski definition) is 1. The number of aliphatic hydroxyl groups is 1. The van der Waals surface area contributed by atoms with Crippen LogP contribution in [0.4, 0.5) is 0 Å². The third-order valence-electron chi connectivity index (χ3n) is 6.30. The summed E-state index contributed by atoms with van der Waals surface area (Å²) < 4.78 is 18.5. The highest BCUT2D eigenvalue weighted by Crippen LogP contribution is 2.62. The van der Waals surface area contributed by atoms with Gasteiger partial charge in [0.2, 0.25) is 0 Å². The number of benzene rings is 2. The fourth-order valence-electron chi connectivity index (χ4n) is 5.41. The van der Waals surface area contributed by atoms with Crippen molar-refractivity contribution in [3.05, 3.63) is 59.1 Å². The van der Waals surface area contributed by atoms with Crippen LogP contribution in [-0.2, 0) is 5.60 Å². The minimum atomic E-state index is -1.44. The summed E-state index contributed by atoms with van der Waals surface area (Å²) in [5.74, 6) is -1.11. The Morgan fingerprint density at radius 3 is 2.08 bits per heavy atom. The normalized spacial score (nSPS) is 44.2. The second-order valence-corrected chi connectivity index (χ2v) is 8.19. The summed E-state index contributed by atoms with van der Waals surface area (Å²) in [6, 6.07) is 15.4. The molecule has 4 aliphatic carbocycles. The summed E-state index contributed by atoms with van der Waals surface area (Å²) in [6.45, 7) is 0. The maximum atomic E-state index is 12.1. The van der Waals surface area contributed by atoms with E-state index in [2.05, 4.69) is 0 Å². The number of hydrogen-bond donors (Lipinski definition) is 1. The van der Waals surface area contributed by atoms with E-state index in [0.717, 1.165) is 23.1 Å². The summed E-state index contributed by atoms with van der Waals surface area (Å²) in [6.07, 6.45) is 3.95. The van der Waals surface area contributed by atoms with Gasteiger partial charge < -0.3 is 5.11 Å². The Hall–Kier alpha value is -1.31. The topological polar surface area (TPSA) is 20.2 Å². The van der Waals surface area contributed by atoms with Gasteiger partial charge in [-0.15, -0.1) is 0 Å². The lowest BCUT2D eigenvalue weighted by atomic mass is 9.48. The van der Waals surface area contributed by atoms with Gasteiger partial charge in [0.1, 0.15) is 0 Å². The van der Waals surface area contributed by atoms with E-state index in [1.165, 1.54) is 0 Å². The molecule has 0 radical (unpaired) electrons. The molecule has 4 aliphatic rings. The lowest BCUT2D eigenvalue weighted by Crippen LogP contribution is -2.55. The number of rotatable bonds is 2. The zero-order valence-corrected chi connectivity index (χ0v) is 14.4. The van der Waals surface area contributed by atoms with Crippen LogP contribution >= 0.6 is 11.6 Å². The van der Waals surface area contributed by atoms with Crippen LogP contribution in [0.25, 0.3) is 11.1 Å². The molecular weight excluding hydrogens is 316 g/mol. The highest BCUT2D eigenvalue weighted by molar-refractivity contribution is 6.30. The van der Waals surface area contributed by atoms with Crippen LogP contribution in [0.15, 0.2) is 48.5 Å². The van der Waals surface area contributed by atoms with E-state index >= 15 is 0 Å². The molecule has 2 aromatic rings. The van der Waals surface area contributed by atoms with Gasteiger partial charge in [-0.1, -0.05) is 48.0 Å². The van der Waals surface area contributed by atoms with Crippen LogP contribution in [-0.4, -0.2) is 5.11 Å². The Kier molecular flexibility index (Phi) is 2.89. The van der Waals surface area contributed by atoms with Gasteiger partial charge in [-0.3, -0.25) is 0 Å². The molecule has 0 unspecified atom stereocenters. The predicted molar refractivity (Wildman–Crippen MR) is 97.8 cm³/mol. The van der Waals surface area contributed by atoms with Crippen molar-refractivity contribution < 1.29 is 7.85 Å². The average molecular weight is 341 g/mol. The molecule has 0 amide bonds. The minimum absolute atomic E-state index is 0.417. The molecule has 2 heteroatoms. The average Bonchev–Trinajstić information content (AvgIpc) is 2.59. The minimum Gasteiger partial charge on any atom is -0.385 e. The quantitative estimate of drug-likeness (QED) is 0.748. The van der Waals surface area contributed by atoms with Crippen LogP contribution in [0.2, 0.25) is 5.02 Å². The number of halogens is 1. The maximum absolute atomic E-state index is 12.1. The van der Waals surface area contributed by atoms with E-state index < -0.39 is 17.4 Å². The van der Waals surface area contributed by atoms with Crippen LogP contribution in [0.1, 0.15) is 40.4 Å². The second-order valence-electron chi connectivity index (χ2n) is 7.75. The highest BCUT2D eigenvalue weighted by Gasteiger charge is 2.57. The van der Waals surface area contributed by atoms with Crippen molar-refractivity contribution in [2.24, 2.45) is 23.6 Å². The van der Waals surface area contributed by atoms with Gasteiger partial charge in [0.05, 0.1) is 5.60 Å². The van der Waals surface area contributed by atoms with Gasteiger partial charge >= 0.3 is 0 Å². The molecule has 6 rings (SSSR count). The first kappa shape index (κ1) is 13.0. The first-order valence-electron chi connectivity index (χ1n) is 9.93. The zero-order valence-electron chi connectivity index (χ0n) is 15.6. The van der Waals surface area contributed by atoms with Gasteiger partial charge in [-0.25, -0.2) is 0 Å². The van der Waals surface area contributed by atoms with Gasteiger partial charge in [0, 0.05) is 7.76 Å². The van der Waals surface area contributed by atoms with E-state index in [-0.39, 0.29) is 0 Å². The van der Waals surface area contributed by atoms with Crippen molar-refractivity contribution in [2.75, 3.05) is 0 Å². The third-order valence-corrected chi connectivity index (χ3v) is 6.55. The first-order chi connectivity index (χ1) is 12.3. The smallest absolute Gasteiger partial charge is 0.0958 e. The van der Waals surface area contributed by atoms with E-state index in [1.54, 1.807) is 0 Å². The molecule has 2 aromatic carbocycles. The fraction of sp³-hybridized carbons (Fsp3) is 0.455. The lowest BCUT2D eigenvalue weighted by molar-refractivity contribution is -0.179. The zero-order chi connectivity index (χ0) is 18.2. The van der Waals surface area contributed by atoms with E-state index in [0.29, 0.717) is 42.5 Å². The molecule has 0 spiro atoms. The molecule has 4 bridgehead atoms. The monoisotopic (exact) mass is 340 g/mol. The Balaban J connectivity index is 1.72. The molecule has 1 nitrogen and oxygen atoms in total. The largest absolute Gasteiger partial charge is 0.385 e. The predicted octanol–water partition coefficient (Wildman–Crippen LogP) is 5.65. The molecule has 0 atom stereocenters. The van der Waals surface area contributed by atoms with E-state index in [4.69, 9.17) is 11.6 Å². The molecule has 0 saturated heterocycles. The standard InChI is InChI=1S/C22H23ClO/c23-19-7-5-16(6-8-19)20-3-1-2-4-21(20)22(24)17-10-14-9-15(12-17)13-18(22)11-14/h1-8,14-15,17-18,24H,9-13H2/i17D,18D. The molecule has 0 aromatic heterocycles. The molecule has 0 heterocycles. The van der Waals surface area contributed by atoms with Crippen LogP contribution < -0.4 is 0 Å². The first-order valence-corrected chi connectivity index (χ1v) is 9.30. The summed E-state index contributed by atoms with van der Waals surface area (Å²) in [5, 5.41) is 12.7. The van der Waals surface area contributed by atoms with Crippen molar-refractivity contribution in [3.63, 3.8) is 0 Å². The van der Waals surface area contributed by atoms with Crippen molar-refractivity contribution in [1.29, 1.82) is 0 Å². The van der Waals surface area contributed by atoms with Gasteiger partial charge in [0.25, 0.3) is 0 Å². The fourth-order valence-corrected chi connectivity index (χ4v) is 5.54. The summed E-state index contributed by atoms with van der Waals surface area (Å²) in [7, 11) is 0. The highest BCUT2D eigenvalue weighted by atomic mass is 35.5. The second kappa shape index (κ2) is 5.34. The van der Waals surface area contributed by atoms with E-state index in [9.17, 15) is 7.85 Å². The Bertz CT molecular complexity index is 827. The Morgan fingerprint density at radius 1 is 0.875 bits per heavy atom. The SMILES string of the molecule is [2H]C12CC3CC(C1)CC([2H])(C3)C2(O)c1ccccc1-c1ccc(Cl)cc1. The summed E-state index contributed by atoms with van der Waals surface area (Å²) in [5.41, 5.74) is 1.19. The van der Waals surface area contributed by atoms with Gasteiger partial charge in [0.15, 0.2) is 0 Å². The van der Waals surface area contributed by atoms with Crippen LogP contribution in [0.5, 0.6) is 0 Å². The third kappa shape index (κ3) is 2.11. The molecule has 1 N–H and O–H groups in total. The molecule has 4 fully saturated rings. The van der Waals surface area contributed by atoms with Crippen molar-refractivity contribution in [1.82, 2.24) is 0 Å². The Morgan fingerprint density at radius 2 is 1.46 bits per heavy atom. The molecule has 4 saturated carbocycles. The molecule has 24 heavy (non-hydrogen) atoms. The summed E-state index contributed by atoms with van der Waals surface area (Å²) in [4.78, 5) is 0. The van der Waals surface area contributed by atoms with Crippen molar-refractivity contribution in [2.45, 2.75) is 37.7 Å². The van der Waals surface area contributed by atoms with E-state index in [1.807, 2.05) is 48.5 Å². The van der Waals surface area contributed by atoms with Crippen LogP contribution in [0, 0.1) is 23.6 Å². The van der Waals surface area contributed by atoms with Crippen molar-refractivity contribution >= 4 is 11.6 Å². The molecule has 124 valence electrons. The molecular formula is C22H23ClO. The maximum Gasteiger partial charge on any atom is 0.0958 e. The Labute approximate surface area is 151 Å². The van der Waals surface area contributed by atoms with Crippen molar-refractivity contribution in [3.8, 4) is 11.1 Å².